The summed E-state index contributed by atoms with van der Waals surface area (Å²) in [5.74, 6) is -1.52. The van der Waals surface area contributed by atoms with Gasteiger partial charge in [0.2, 0.25) is 0 Å². The van der Waals surface area contributed by atoms with Crippen molar-refractivity contribution in [1.29, 1.82) is 0 Å². The first-order chi connectivity index (χ1) is 12.8. The zero-order valence-electron chi connectivity index (χ0n) is 15.0. The van der Waals surface area contributed by atoms with Gasteiger partial charge >= 0.3 is 5.97 Å². The molecule has 1 aliphatic heterocycles. The molecule has 8 nitrogen and oxygen atoms in total. The number of ether oxygens (including phenoxy) is 2. The number of hydrogen-bond acceptors (Lipinski definition) is 7. The Hall–Kier alpha value is -2.81. The summed E-state index contributed by atoms with van der Waals surface area (Å²) in [6, 6.07) is 6.70. The highest BCUT2D eigenvalue weighted by Crippen LogP contribution is 2.33. The van der Waals surface area contributed by atoms with Gasteiger partial charge in [-0.25, -0.2) is 0 Å². The number of para-hydroxylation sites is 1. The fraction of sp³-hybridized carbons (Fsp3) is 0.333. The molecule has 0 aromatic heterocycles. The van der Waals surface area contributed by atoms with E-state index < -0.39 is 29.6 Å². The molecule has 0 bridgehead atoms. The van der Waals surface area contributed by atoms with Gasteiger partial charge in [0.05, 0.1) is 11.0 Å². The fourth-order valence-electron chi connectivity index (χ4n) is 2.13. The van der Waals surface area contributed by atoms with Crippen molar-refractivity contribution < 1.29 is 28.7 Å². The molecule has 144 valence electrons. The third kappa shape index (κ3) is 5.58. The number of carbonyl (C=O) groups excluding carboxylic acids is 4. The van der Waals surface area contributed by atoms with Crippen LogP contribution in [0.4, 0.5) is 4.79 Å². The summed E-state index contributed by atoms with van der Waals surface area (Å²) in [6.45, 7) is 2.84. The average molecular weight is 392 g/mol. The van der Waals surface area contributed by atoms with Gasteiger partial charge in [-0.15, -0.1) is 0 Å². The second kappa shape index (κ2) is 9.22. The van der Waals surface area contributed by atoms with Gasteiger partial charge in [-0.2, -0.15) is 0 Å². The molecule has 3 amide bonds. The van der Waals surface area contributed by atoms with Crippen LogP contribution in [0.25, 0.3) is 6.08 Å². The van der Waals surface area contributed by atoms with Crippen molar-refractivity contribution in [1.82, 2.24) is 4.90 Å². The van der Waals surface area contributed by atoms with E-state index in [0.29, 0.717) is 17.7 Å². The molecule has 1 aromatic rings. The number of carbonyl (C=O) groups is 4. The molecule has 0 spiro atoms. The van der Waals surface area contributed by atoms with Crippen LogP contribution in [0.5, 0.6) is 5.75 Å². The molecule has 1 heterocycles. The fourth-order valence-corrected chi connectivity index (χ4v) is 2.96. The summed E-state index contributed by atoms with van der Waals surface area (Å²) in [4.78, 5) is 48.3. The topological polar surface area (TPSA) is 116 Å². The van der Waals surface area contributed by atoms with Gasteiger partial charge in [0.25, 0.3) is 17.1 Å². The van der Waals surface area contributed by atoms with Crippen molar-refractivity contribution in [3.8, 4) is 5.75 Å². The Labute approximate surface area is 160 Å². The minimum absolute atomic E-state index is 0.145. The molecule has 1 aromatic carbocycles. The highest BCUT2D eigenvalue weighted by molar-refractivity contribution is 8.18. The minimum atomic E-state index is -0.641. The van der Waals surface area contributed by atoms with E-state index >= 15 is 0 Å². The van der Waals surface area contributed by atoms with Crippen LogP contribution in [0, 0.1) is 0 Å². The smallest absolute Gasteiger partial charge is 0.326 e. The molecule has 0 radical (unpaired) electrons. The number of hydrogen-bond donors (Lipinski definition) is 1. The predicted molar refractivity (Wildman–Crippen MR) is 99.7 cm³/mol. The van der Waals surface area contributed by atoms with Crippen LogP contribution in [0.15, 0.2) is 29.2 Å². The molecular formula is C18H20N2O6S. The summed E-state index contributed by atoms with van der Waals surface area (Å²) in [7, 11) is 0. The zero-order valence-corrected chi connectivity index (χ0v) is 15.8. The van der Waals surface area contributed by atoms with Crippen LogP contribution in [-0.4, -0.2) is 47.2 Å². The van der Waals surface area contributed by atoms with Crippen molar-refractivity contribution in [2.45, 2.75) is 26.4 Å². The highest BCUT2D eigenvalue weighted by atomic mass is 32.2. The summed E-state index contributed by atoms with van der Waals surface area (Å²) in [5.41, 5.74) is 5.58. The molecule has 2 rings (SSSR count). The van der Waals surface area contributed by atoms with Crippen molar-refractivity contribution in [3.63, 3.8) is 0 Å². The quantitative estimate of drug-likeness (QED) is 0.531. The van der Waals surface area contributed by atoms with E-state index in [-0.39, 0.29) is 17.6 Å². The molecule has 2 N–H and O–H groups in total. The Morgan fingerprint density at radius 2 is 2.00 bits per heavy atom. The largest absolute Gasteiger partial charge is 0.483 e. The Bertz CT molecular complexity index is 792. The van der Waals surface area contributed by atoms with E-state index in [4.69, 9.17) is 15.2 Å². The van der Waals surface area contributed by atoms with Crippen LogP contribution in [0.1, 0.15) is 25.8 Å². The Kier molecular flexibility index (Phi) is 7.00. The lowest BCUT2D eigenvalue weighted by molar-refractivity contribution is -0.150. The van der Waals surface area contributed by atoms with Gasteiger partial charge in [-0.1, -0.05) is 25.1 Å². The van der Waals surface area contributed by atoms with Crippen molar-refractivity contribution in [2.75, 3.05) is 13.2 Å². The number of esters is 1. The molecule has 0 aliphatic carbocycles. The second-order valence-electron chi connectivity index (χ2n) is 5.77. The molecule has 1 aliphatic rings. The molecule has 9 heteroatoms. The lowest BCUT2D eigenvalue weighted by atomic mass is 10.2. The van der Waals surface area contributed by atoms with E-state index in [0.717, 1.165) is 16.7 Å². The van der Waals surface area contributed by atoms with Gasteiger partial charge in [-0.3, -0.25) is 24.1 Å². The molecule has 0 unspecified atom stereocenters. The lowest BCUT2D eigenvalue weighted by Gasteiger charge is -2.14. The van der Waals surface area contributed by atoms with Crippen LogP contribution < -0.4 is 10.5 Å². The Morgan fingerprint density at radius 1 is 1.30 bits per heavy atom. The Morgan fingerprint density at radius 3 is 2.67 bits per heavy atom. The average Bonchev–Trinajstić information content (AvgIpc) is 2.88. The summed E-state index contributed by atoms with van der Waals surface area (Å²) in [5, 5.41) is -0.553. The van der Waals surface area contributed by atoms with Crippen molar-refractivity contribution in [2.24, 2.45) is 5.73 Å². The maximum absolute atomic E-state index is 12.5. The van der Waals surface area contributed by atoms with Crippen molar-refractivity contribution in [3.05, 3.63) is 34.7 Å². The van der Waals surface area contributed by atoms with Crippen molar-refractivity contribution >= 4 is 40.9 Å². The summed E-state index contributed by atoms with van der Waals surface area (Å²) >= 11 is 0.720. The molecule has 27 heavy (non-hydrogen) atoms. The second-order valence-corrected chi connectivity index (χ2v) is 6.76. The van der Waals surface area contributed by atoms with Crippen LogP contribution >= 0.6 is 11.8 Å². The number of amides is 3. The maximum Gasteiger partial charge on any atom is 0.326 e. The normalized spacial score (nSPS) is 16.5. The first kappa shape index (κ1) is 20.5. The molecule has 1 fully saturated rings. The number of primary amides is 1. The van der Waals surface area contributed by atoms with Gasteiger partial charge in [0, 0.05) is 5.56 Å². The number of thioether (sulfide) groups is 1. The van der Waals surface area contributed by atoms with E-state index in [1.54, 1.807) is 31.2 Å². The van der Waals surface area contributed by atoms with Crippen LogP contribution in [0.2, 0.25) is 0 Å². The number of benzene rings is 1. The zero-order chi connectivity index (χ0) is 20.0. The van der Waals surface area contributed by atoms with Gasteiger partial charge in [0.15, 0.2) is 6.61 Å². The van der Waals surface area contributed by atoms with Crippen LogP contribution in [0.3, 0.4) is 0 Å². The highest BCUT2D eigenvalue weighted by Gasteiger charge is 2.37. The summed E-state index contributed by atoms with van der Waals surface area (Å²) < 4.78 is 10.4. The van der Waals surface area contributed by atoms with E-state index in [1.807, 2.05) is 6.92 Å². The SMILES string of the molecule is CC[C@@H](C)OC(=O)CN1C(=O)S/C(=C/c2ccccc2OCC(N)=O)C1=O. The molecular weight excluding hydrogens is 372 g/mol. The first-order valence-electron chi connectivity index (χ1n) is 8.26. The maximum atomic E-state index is 12.5. The number of nitrogens with zero attached hydrogens (tertiary/aromatic N) is 1. The summed E-state index contributed by atoms with van der Waals surface area (Å²) in [6.07, 6.45) is 1.82. The molecule has 0 saturated carbocycles. The van der Waals surface area contributed by atoms with E-state index in [9.17, 15) is 19.2 Å². The number of imide groups is 1. The van der Waals surface area contributed by atoms with E-state index in [1.165, 1.54) is 6.08 Å². The van der Waals surface area contributed by atoms with Gasteiger partial charge in [-0.05, 0) is 37.2 Å². The third-order valence-electron chi connectivity index (χ3n) is 3.64. The number of rotatable bonds is 8. The standard InChI is InChI=1S/C18H20N2O6S/c1-3-11(2)26-16(22)9-20-17(23)14(27-18(20)24)8-12-6-4-5-7-13(12)25-10-15(19)21/h4-8,11H,3,9-10H2,1-2H3,(H2,19,21)/b14-8+/t11-/m1/s1. The first-order valence-corrected chi connectivity index (χ1v) is 9.08. The third-order valence-corrected chi connectivity index (χ3v) is 4.55. The monoisotopic (exact) mass is 392 g/mol. The Balaban J connectivity index is 2.14. The van der Waals surface area contributed by atoms with E-state index in [2.05, 4.69) is 0 Å². The molecule has 1 saturated heterocycles. The van der Waals surface area contributed by atoms with Crippen LogP contribution in [-0.2, 0) is 19.1 Å². The number of nitrogens with two attached hydrogens (primary N) is 1. The molecule has 1 atom stereocenters. The lowest BCUT2D eigenvalue weighted by Crippen LogP contribution is -2.35. The minimum Gasteiger partial charge on any atom is -0.483 e. The van der Waals surface area contributed by atoms with Gasteiger partial charge < -0.3 is 15.2 Å². The van der Waals surface area contributed by atoms with Gasteiger partial charge in [0.1, 0.15) is 12.3 Å². The predicted octanol–water partition coefficient (Wildman–Crippen LogP) is 1.93.